The zero-order chi connectivity index (χ0) is 56.7. The number of nitrogens with one attached hydrogen (secondary N) is 1. The Morgan fingerprint density at radius 1 is 0.462 bits per heavy atom. The average Bonchev–Trinajstić information content (AvgIpc) is 3.44. The summed E-state index contributed by atoms with van der Waals surface area (Å²) < 4.78 is 22.6. The van der Waals surface area contributed by atoms with Crippen LogP contribution in [0.25, 0.3) is 0 Å². The van der Waals surface area contributed by atoms with Crippen molar-refractivity contribution in [3.63, 3.8) is 0 Å². The number of ether oxygens (including phenoxy) is 4. The van der Waals surface area contributed by atoms with Gasteiger partial charge in [-0.2, -0.15) is 0 Å². The van der Waals surface area contributed by atoms with E-state index in [1.54, 1.807) is 0 Å². The van der Waals surface area contributed by atoms with E-state index in [4.69, 9.17) is 18.9 Å². The van der Waals surface area contributed by atoms with Gasteiger partial charge in [-0.05, 0) is 44.9 Å². The summed E-state index contributed by atoms with van der Waals surface area (Å²) in [7, 11) is 0. The third kappa shape index (κ3) is 34.8. The summed E-state index contributed by atoms with van der Waals surface area (Å²) in [5.74, 6) is -0.213. The van der Waals surface area contributed by atoms with Crippen LogP contribution in [-0.4, -0.2) is 140 Å². The van der Waals surface area contributed by atoms with Gasteiger partial charge in [0.05, 0.1) is 32.0 Å². The largest absolute Gasteiger partial charge is 0.394 e. The van der Waals surface area contributed by atoms with E-state index in [9.17, 15) is 45.6 Å². The number of rotatable bonds is 53. The number of amides is 1. The highest BCUT2D eigenvalue weighted by Gasteiger charge is 2.51. The normalized spacial score (nSPS) is 24.6. The first-order valence-electron chi connectivity index (χ1n) is 32.6. The van der Waals surface area contributed by atoms with E-state index in [1.807, 2.05) is 0 Å². The number of aliphatic hydroxyl groups excluding tert-OH is 8. The minimum absolute atomic E-state index is 0.213. The van der Waals surface area contributed by atoms with Gasteiger partial charge < -0.3 is 65.1 Å². The molecule has 14 heteroatoms. The maximum Gasteiger partial charge on any atom is 0.220 e. The average molecular weight is 1110 g/mol. The van der Waals surface area contributed by atoms with Crippen molar-refractivity contribution in [1.29, 1.82) is 0 Å². The molecule has 2 aliphatic heterocycles. The molecule has 9 N–H and O–H groups in total. The van der Waals surface area contributed by atoms with Crippen LogP contribution in [-0.2, 0) is 23.7 Å². The molecule has 0 aromatic carbocycles. The quantitative estimate of drug-likeness (QED) is 0.0204. The second kappa shape index (κ2) is 50.0. The van der Waals surface area contributed by atoms with Crippen LogP contribution >= 0.6 is 0 Å². The molecule has 2 saturated heterocycles. The summed E-state index contributed by atoms with van der Waals surface area (Å²) >= 11 is 0. The monoisotopic (exact) mass is 1110 g/mol. The van der Waals surface area contributed by atoms with Crippen molar-refractivity contribution in [2.24, 2.45) is 0 Å². The Labute approximate surface area is 475 Å². The number of allylic oxidation sites excluding steroid dienone is 4. The van der Waals surface area contributed by atoms with E-state index in [0.29, 0.717) is 12.8 Å². The molecule has 0 spiro atoms. The van der Waals surface area contributed by atoms with Gasteiger partial charge in [0.1, 0.15) is 48.8 Å². The smallest absolute Gasteiger partial charge is 0.220 e. The van der Waals surface area contributed by atoms with Crippen LogP contribution in [0.5, 0.6) is 0 Å². The molecule has 78 heavy (non-hydrogen) atoms. The number of aliphatic hydroxyl groups is 8. The Balaban J connectivity index is 1.40. The van der Waals surface area contributed by atoms with Crippen LogP contribution in [0, 0.1) is 0 Å². The highest BCUT2D eigenvalue weighted by Crippen LogP contribution is 2.30. The summed E-state index contributed by atoms with van der Waals surface area (Å²) in [6.07, 6.45) is 45.1. The molecular weight excluding hydrogens is 991 g/mol. The molecule has 2 rings (SSSR count). The maximum atomic E-state index is 13.1. The first kappa shape index (κ1) is 72.6. The molecular formula is C64H121NO13. The van der Waals surface area contributed by atoms with Crippen molar-refractivity contribution in [3.8, 4) is 0 Å². The Morgan fingerprint density at radius 2 is 0.846 bits per heavy atom. The lowest BCUT2D eigenvalue weighted by Gasteiger charge is -2.46. The van der Waals surface area contributed by atoms with Gasteiger partial charge in [0, 0.05) is 6.42 Å². The molecule has 0 aliphatic carbocycles. The molecule has 0 aromatic rings. The molecule has 12 unspecified atom stereocenters. The first-order chi connectivity index (χ1) is 38.1. The van der Waals surface area contributed by atoms with Gasteiger partial charge in [-0.25, -0.2) is 0 Å². The summed E-state index contributed by atoms with van der Waals surface area (Å²) in [4.78, 5) is 13.1. The predicted molar refractivity (Wildman–Crippen MR) is 314 cm³/mol. The number of hydrogen-bond donors (Lipinski definition) is 9. The van der Waals surface area contributed by atoms with Gasteiger partial charge in [-0.1, -0.05) is 256 Å². The van der Waals surface area contributed by atoms with Crippen LogP contribution in [0.3, 0.4) is 0 Å². The fraction of sp³-hybridized carbons (Fsp3) is 0.922. The topological polar surface area (TPSA) is 228 Å². The molecule has 2 heterocycles. The number of hydrogen-bond acceptors (Lipinski definition) is 13. The summed E-state index contributed by atoms with van der Waals surface area (Å²) in [6, 6.07) is -0.820. The van der Waals surface area contributed by atoms with Gasteiger partial charge >= 0.3 is 0 Å². The minimum atomic E-state index is -1.78. The molecule has 12 atom stereocenters. The van der Waals surface area contributed by atoms with Gasteiger partial charge in [0.15, 0.2) is 12.6 Å². The number of carbonyl (C=O) groups is 1. The van der Waals surface area contributed by atoms with Gasteiger partial charge in [-0.3, -0.25) is 4.79 Å². The molecule has 0 radical (unpaired) electrons. The summed E-state index contributed by atoms with van der Waals surface area (Å²) in [6.45, 7) is 2.68. The van der Waals surface area contributed by atoms with Crippen LogP contribution in [0.2, 0.25) is 0 Å². The van der Waals surface area contributed by atoms with Crippen molar-refractivity contribution in [1.82, 2.24) is 5.32 Å². The van der Waals surface area contributed by atoms with Crippen LogP contribution in [0.1, 0.15) is 284 Å². The Hall–Kier alpha value is -1.53. The van der Waals surface area contributed by atoms with E-state index in [-0.39, 0.29) is 12.5 Å². The second-order valence-electron chi connectivity index (χ2n) is 23.2. The number of carbonyl (C=O) groups excluding carboxylic acids is 1. The standard InChI is InChI=1S/C64H121NO13/c1-3-5-7-8-9-10-11-12-13-14-15-16-17-18-19-20-21-22-23-24-25-26-27-28-29-30-31-32-33-34-35-36-37-38-39-40-41-42-43-44-46-48-56(69)65-52(53(68)47-45-6-4-2)51-75-63-61(74)59(72)62(55(50-67)77-63)78-64-60(73)58(71)57(70)54(49-66)76-64/h11-12,14-15,52-55,57-64,66-68,70-74H,3-10,13,16-51H2,1-2H3,(H,65,69)/b12-11-,15-14-. The van der Waals surface area contributed by atoms with E-state index in [2.05, 4.69) is 43.5 Å². The first-order valence-corrected chi connectivity index (χ1v) is 32.6. The van der Waals surface area contributed by atoms with Gasteiger partial charge in [0.2, 0.25) is 5.91 Å². The fourth-order valence-electron chi connectivity index (χ4n) is 10.9. The molecule has 2 fully saturated rings. The molecule has 0 bridgehead atoms. The molecule has 2 aliphatic rings. The molecule has 0 aromatic heterocycles. The number of unbranched alkanes of at least 4 members (excludes halogenated alkanes) is 36. The van der Waals surface area contributed by atoms with Crippen molar-refractivity contribution < 1.29 is 64.6 Å². The SMILES string of the molecule is CCCCCCC/C=C\C/C=C\CCCCCCCCCCCCCCCCCCCCCCCCCCCCCCCC(=O)NC(COC1OC(CO)C(OC2OC(CO)C(O)C(O)C2O)C(O)C1O)C(O)CCCCC. The van der Waals surface area contributed by atoms with Crippen molar-refractivity contribution in [3.05, 3.63) is 24.3 Å². The van der Waals surface area contributed by atoms with Crippen molar-refractivity contribution >= 4 is 5.91 Å². The zero-order valence-corrected chi connectivity index (χ0v) is 49.7. The summed E-state index contributed by atoms with van der Waals surface area (Å²) in [5, 5.41) is 86.2. The third-order valence-corrected chi connectivity index (χ3v) is 16.2. The van der Waals surface area contributed by atoms with Gasteiger partial charge in [-0.15, -0.1) is 0 Å². The fourth-order valence-corrected chi connectivity index (χ4v) is 10.9. The lowest BCUT2D eigenvalue weighted by Crippen LogP contribution is -2.65. The second-order valence-corrected chi connectivity index (χ2v) is 23.2. The van der Waals surface area contributed by atoms with Crippen molar-refractivity contribution in [2.45, 2.75) is 357 Å². The van der Waals surface area contributed by atoms with Crippen LogP contribution in [0.4, 0.5) is 0 Å². The molecule has 460 valence electrons. The highest BCUT2D eigenvalue weighted by molar-refractivity contribution is 5.76. The van der Waals surface area contributed by atoms with E-state index in [0.717, 1.165) is 51.4 Å². The lowest BCUT2D eigenvalue weighted by atomic mass is 9.97. The van der Waals surface area contributed by atoms with Crippen LogP contribution in [0.15, 0.2) is 24.3 Å². The van der Waals surface area contributed by atoms with E-state index < -0.39 is 86.8 Å². The Morgan fingerprint density at radius 3 is 1.28 bits per heavy atom. The molecule has 1 amide bonds. The Bertz CT molecular complexity index is 1400. The van der Waals surface area contributed by atoms with E-state index >= 15 is 0 Å². The van der Waals surface area contributed by atoms with Crippen molar-refractivity contribution in [2.75, 3.05) is 19.8 Å². The van der Waals surface area contributed by atoms with E-state index in [1.165, 1.54) is 205 Å². The predicted octanol–water partition coefficient (Wildman–Crippen LogP) is 12.0. The zero-order valence-electron chi connectivity index (χ0n) is 49.7. The van der Waals surface area contributed by atoms with Crippen LogP contribution < -0.4 is 5.32 Å². The molecule has 14 nitrogen and oxygen atoms in total. The lowest BCUT2D eigenvalue weighted by molar-refractivity contribution is -0.359. The third-order valence-electron chi connectivity index (χ3n) is 16.2. The summed E-state index contributed by atoms with van der Waals surface area (Å²) in [5.41, 5.74) is 0. The molecule has 0 saturated carbocycles. The van der Waals surface area contributed by atoms with Gasteiger partial charge in [0.25, 0.3) is 0 Å². The maximum absolute atomic E-state index is 13.1. The Kier molecular flexibility index (Phi) is 46.5. The minimum Gasteiger partial charge on any atom is -0.394 e. The highest BCUT2D eigenvalue weighted by atomic mass is 16.7.